The molecule has 1 amide bonds. The molecule has 1 heterocycles. The van der Waals surface area contributed by atoms with Crippen LogP contribution in [0.2, 0.25) is 0 Å². The summed E-state index contributed by atoms with van der Waals surface area (Å²) < 4.78 is 32.1. The number of carbonyl (C=O) groups is 1. The highest BCUT2D eigenvalue weighted by molar-refractivity contribution is 8.15. The number of hydrogen-bond donors (Lipinski definition) is 1. The summed E-state index contributed by atoms with van der Waals surface area (Å²) in [5.74, 6) is -0.388. The minimum atomic E-state index is -3.79. The van der Waals surface area contributed by atoms with Crippen molar-refractivity contribution in [2.24, 2.45) is 0 Å². The van der Waals surface area contributed by atoms with Gasteiger partial charge in [-0.3, -0.25) is 4.79 Å². The summed E-state index contributed by atoms with van der Waals surface area (Å²) in [4.78, 5) is 11.8. The first-order valence-electron chi connectivity index (χ1n) is 5.21. The maximum absolute atomic E-state index is 11.8. The lowest BCUT2D eigenvalue weighted by Crippen LogP contribution is -2.35. The Kier molecular flexibility index (Phi) is 6.21. The highest BCUT2D eigenvalue weighted by Gasteiger charge is 2.17. The number of nitrogens with one attached hydrogen (secondary N) is 1. The van der Waals surface area contributed by atoms with E-state index in [1.165, 1.54) is 25.7 Å². The number of amides is 1. The van der Waals surface area contributed by atoms with Crippen molar-refractivity contribution in [1.82, 2.24) is 5.32 Å². The van der Waals surface area contributed by atoms with Crippen molar-refractivity contribution in [3.63, 3.8) is 0 Å². The van der Waals surface area contributed by atoms with Gasteiger partial charge in [-0.25, -0.2) is 8.42 Å². The number of rotatable bonds is 7. The fraction of sp³-hybridized carbons (Fsp3) is 0.500. The predicted octanol–water partition coefficient (Wildman–Crippen LogP) is 1.07. The second kappa shape index (κ2) is 7.20. The molecule has 19 heavy (non-hydrogen) atoms. The topological polar surface area (TPSA) is 81.7 Å². The molecule has 0 saturated heterocycles. The van der Waals surface area contributed by atoms with Gasteiger partial charge >= 0.3 is 0 Å². The lowest BCUT2D eigenvalue weighted by molar-refractivity contribution is 0.0285. The molecule has 0 bridgehead atoms. The van der Waals surface area contributed by atoms with Gasteiger partial charge < -0.3 is 14.8 Å². The van der Waals surface area contributed by atoms with Crippen LogP contribution in [-0.4, -0.2) is 47.8 Å². The molecular formula is C10H14ClNO5S2. The van der Waals surface area contributed by atoms with E-state index in [-0.39, 0.29) is 28.3 Å². The van der Waals surface area contributed by atoms with E-state index in [9.17, 15) is 13.2 Å². The van der Waals surface area contributed by atoms with Crippen LogP contribution in [0.5, 0.6) is 0 Å². The fourth-order valence-electron chi connectivity index (χ4n) is 1.27. The van der Waals surface area contributed by atoms with Crippen molar-refractivity contribution >= 4 is 37.0 Å². The second-order valence-corrected chi connectivity index (χ2v) is 7.32. The third-order valence-corrected chi connectivity index (χ3v) is 5.29. The third kappa shape index (κ3) is 5.07. The summed E-state index contributed by atoms with van der Waals surface area (Å²) in [7, 11) is 4.43. The van der Waals surface area contributed by atoms with E-state index >= 15 is 0 Å². The Morgan fingerprint density at radius 1 is 1.53 bits per heavy atom. The first kappa shape index (κ1) is 16.4. The van der Waals surface area contributed by atoms with E-state index in [2.05, 4.69) is 5.32 Å². The van der Waals surface area contributed by atoms with Crippen LogP contribution in [0.4, 0.5) is 0 Å². The lowest BCUT2D eigenvalue weighted by Gasteiger charge is -2.14. The highest BCUT2D eigenvalue weighted by atomic mass is 35.7. The van der Waals surface area contributed by atoms with Crippen molar-refractivity contribution in [3.05, 3.63) is 17.0 Å². The van der Waals surface area contributed by atoms with Gasteiger partial charge in [0.2, 0.25) is 0 Å². The summed E-state index contributed by atoms with van der Waals surface area (Å²) in [6.45, 7) is 0.615. The molecule has 0 aliphatic rings. The molecule has 1 aromatic heterocycles. The number of thiophene rings is 1. The Hall–Kier alpha value is -0.670. The van der Waals surface area contributed by atoms with Crippen molar-refractivity contribution in [1.29, 1.82) is 0 Å². The van der Waals surface area contributed by atoms with Crippen molar-refractivity contribution < 1.29 is 22.7 Å². The van der Waals surface area contributed by atoms with E-state index in [1.807, 2.05) is 0 Å². The average molecular weight is 328 g/mol. The summed E-state index contributed by atoms with van der Waals surface area (Å²) in [5.41, 5.74) is 0.247. The first-order valence-corrected chi connectivity index (χ1v) is 8.40. The van der Waals surface area contributed by atoms with Crippen LogP contribution in [0.15, 0.2) is 15.7 Å². The lowest BCUT2D eigenvalue weighted by atomic mass is 10.3. The van der Waals surface area contributed by atoms with Crippen LogP contribution < -0.4 is 5.32 Å². The Bertz CT molecular complexity index is 528. The molecule has 0 radical (unpaired) electrons. The van der Waals surface area contributed by atoms with E-state index in [0.29, 0.717) is 6.61 Å². The first-order chi connectivity index (χ1) is 8.88. The largest absolute Gasteiger partial charge is 0.382 e. The van der Waals surface area contributed by atoms with Crippen molar-refractivity contribution in [2.75, 3.05) is 27.4 Å². The molecule has 1 rings (SSSR count). The van der Waals surface area contributed by atoms with Crippen LogP contribution in [0.1, 0.15) is 10.4 Å². The van der Waals surface area contributed by atoms with Gasteiger partial charge in [-0.2, -0.15) is 0 Å². The minimum Gasteiger partial charge on any atom is -0.382 e. The summed E-state index contributed by atoms with van der Waals surface area (Å²) >= 11 is 0.898. The summed E-state index contributed by atoms with van der Waals surface area (Å²) in [6.07, 6.45) is -0.260. The van der Waals surface area contributed by atoms with Crippen LogP contribution in [0, 0.1) is 0 Å². The zero-order chi connectivity index (χ0) is 14.5. The fourth-order valence-corrected chi connectivity index (χ4v) is 3.21. The highest BCUT2D eigenvalue weighted by Crippen LogP contribution is 2.23. The molecule has 0 saturated carbocycles. The maximum Gasteiger partial charge on any atom is 0.270 e. The zero-order valence-corrected chi connectivity index (χ0v) is 12.8. The number of hydrogen-bond acceptors (Lipinski definition) is 6. The molecule has 1 N–H and O–H groups in total. The van der Waals surface area contributed by atoms with Gasteiger partial charge in [0.05, 0.1) is 18.3 Å². The Balaban J connectivity index is 2.61. The number of methoxy groups -OCH3 is 2. The zero-order valence-electron chi connectivity index (χ0n) is 10.4. The van der Waals surface area contributed by atoms with Crippen LogP contribution >= 0.6 is 22.0 Å². The van der Waals surface area contributed by atoms with Crippen LogP contribution in [0.25, 0.3) is 0 Å². The standard InChI is InChI=1S/C10H14ClNO5S2/c1-16-5-8(17-2)4-12-10(13)7-3-9(18-6-7)19(11,14)15/h3,6,8H,4-5H2,1-2H3,(H,12,13). The second-order valence-electron chi connectivity index (χ2n) is 3.62. The number of halogens is 1. The van der Waals surface area contributed by atoms with E-state index in [0.717, 1.165) is 11.3 Å². The van der Waals surface area contributed by atoms with Crippen molar-refractivity contribution in [2.45, 2.75) is 10.3 Å². The van der Waals surface area contributed by atoms with E-state index in [1.54, 1.807) is 0 Å². The molecule has 6 nitrogen and oxygen atoms in total. The van der Waals surface area contributed by atoms with Gasteiger partial charge in [0.1, 0.15) is 4.21 Å². The van der Waals surface area contributed by atoms with Crippen LogP contribution in [0.3, 0.4) is 0 Å². The molecule has 0 aliphatic heterocycles. The molecule has 0 spiro atoms. The third-order valence-electron chi connectivity index (χ3n) is 2.25. The molecule has 108 valence electrons. The van der Waals surface area contributed by atoms with Gasteiger partial charge in [0.15, 0.2) is 0 Å². The van der Waals surface area contributed by atoms with E-state index in [4.69, 9.17) is 20.2 Å². The molecule has 0 aromatic carbocycles. The molecule has 0 fully saturated rings. The number of carbonyl (C=O) groups excluding carboxylic acids is 1. The van der Waals surface area contributed by atoms with Gasteiger partial charge in [-0.1, -0.05) is 0 Å². The Labute approximate surface area is 120 Å². The van der Waals surface area contributed by atoms with Gasteiger partial charge in [0.25, 0.3) is 15.0 Å². The van der Waals surface area contributed by atoms with Crippen molar-refractivity contribution in [3.8, 4) is 0 Å². The van der Waals surface area contributed by atoms with Crippen LogP contribution in [-0.2, 0) is 18.5 Å². The normalized spacial score (nSPS) is 13.2. The molecule has 1 aromatic rings. The SMILES string of the molecule is COCC(CNC(=O)c1csc(S(=O)(=O)Cl)c1)OC. The molecule has 1 unspecified atom stereocenters. The summed E-state index contributed by atoms with van der Waals surface area (Å²) in [6, 6.07) is 1.24. The van der Waals surface area contributed by atoms with Gasteiger partial charge in [-0.15, -0.1) is 11.3 Å². The molecule has 1 atom stereocenters. The number of ether oxygens (including phenoxy) is 2. The predicted molar refractivity (Wildman–Crippen MR) is 72.4 cm³/mol. The molecular weight excluding hydrogens is 314 g/mol. The Morgan fingerprint density at radius 2 is 2.21 bits per heavy atom. The van der Waals surface area contributed by atoms with Gasteiger partial charge in [0, 0.05) is 36.8 Å². The molecule has 9 heteroatoms. The Morgan fingerprint density at radius 3 is 2.68 bits per heavy atom. The quantitative estimate of drug-likeness (QED) is 0.757. The smallest absolute Gasteiger partial charge is 0.270 e. The summed E-state index contributed by atoms with van der Waals surface area (Å²) in [5, 5.41) is 4.06. The van der Waals surface area contributed by atoms with E-state index < -0.39 is 9.05 Å². The molecule has 0 aliphatic carbocycles. The monoisotopic (exact) mass is 327 g/mol. The van der Waals surface area contributed by atoms with Gasteiger partial charge in [-0.05, 0) is 6.07 Å². The maximum atomic E-state index is 11.8. The minimum absolute atomic E-state index is 0.0560. The average Bonchev–Trinajstić information content (AvgIpc) is 2.83.